The van der Waals surface area contributed by atoms with Gasteiger partial charge < -0.3 is 14.2 Å². The normalized spacial score (nSPS) is 14.0. The number of nitrogens with zero attached hydrogens (tertiary/aromatic N) is 2. The number of esters is 1. The number of cyclic esters (lactones) is 1. The van der Waals surface area contributed by atoms with Crippen LogP contribution >= 0.6 is 22.6 Å². The van der Waals surface area contributed by atoms with E-state index in [9.17, 15) is 14.9 Å². The maximum absolute atomic E-state index is 12.5. The van der Waals surface area contributed by atoms with Crippen LogP contribution in [0.5, 0.6) is 11.5 Å². The van der Waals surface area contributed by atoms with Crippen LogP contribution in [-0.2, 0) is 16.1 Å². The molecule has 8 nitrogen and oxygen atoms in total. The fourth-order valence-corrected chi connectivity index (χ4v) is 4.32. The van der Waals surface area contributed by atoms with E-state index in [2.05, 4.69) is 27.6 Å². The number of carbonyl (C=O) groups is 1. The van der Waals surface area contributed by atoms with Crippen LogP contribution < -0.4 is 9.47 Å². The molecule has 0 N–H and O–H groups in total. The van der Waals surface area contributed by atoms with Crippen molar-refractivity contribution in [1.82, 2.24) is 0 Å². The number of benzene rings is 3. The third-order valence-corrected chi connectivity index (χ3v) is 6.02. The lowest BCUT2D eigenvalue weighted by Gasteiger charge is -2.15. The zero-order valence-electron chi connectivity index (χ0n) is 19.0. The molecule has 0 aromatic heterocycles. The van der Waals surface area contributed by atoms with Gasteiger partial charge in [0, 0.05) is 17.2 Å². The molecule has 1 heterocycles. The summed E-state index contributed by atoms with van der Waals surface area (Å²) in [6.45, 7) is 4.30. The fourth-order valence-electron chi connectivity index (χ4n) is 3.54. The Labute approximate surface area is 215 Å². The van der Waals surface area contributed by atoms with Gasteiger partial charge >= 0.3 is 5.97 Å². The van der Waals surface area contributed by atoms with Crippen LogP contribution in [0.4, 0.5) is 5.69 Å². The monoisotopic (exact) mass is 584 g/mol. The molecular weight excluding hydrogens is 563 g/mol. The zero-order chi connectivity index (χ0) is 24.9. The third kappa shape index (κ3) is 5.51. The van der Waals surface area contributed by atoms with Gasteiger partial charge in [0.15, 0.2) is 17.2 Å². The maximum atomic E-state index is 12.5. The maximum Gasteiger partial charge on any atom is 0.363 e. The molecular formula is C26H21IN2O6. The molecule has 0 bridgehead atoms. The second-order valence-electron chi connectivity index (χ2n) is 7.58. The van der Waals surface area contributed by atoms with Crippen molar-refractivity contribution >= 4 is 46.2 Å². The van der Waals surface area contributed by atoms with E-state index in [1.807, 2.05) is 43.3 Å². The molecule has 178 valence electrons. The molecule has 0 fully saturated rings. The van der Waals surface area contributed by atoms with Crippen molar-refractivity contribution in [3.8, 4) is 11.5 Å². The number of ether oxygens (including phenoxy) is 3. The lowest BCUT2D eigenvalue weighted by Crippen LogP contribution is -2.08. The Bertz CT molecular complexity index is 1350. The van der Waals surface area contributed by atoms with Gasteiger partial charge in [-0.3, -0.25) is 10.1 Å². The van der Waals surface area contributed by atoms with Gasteiger partial charge in [0.25, 0.3) is 5.69 Å². The molecule has 0 aliphatic carbocycles. The van der Waals surface area contributed by atoms with Crippen LogP contribution in [0.2, 0.25) is 0 Å². The largest absolute Gasteiger partial charge is 0.490 e. The molecule has 0 radical (unpaired) electrons. The second-order valence-corrected chi connectivity index (χ2v) is 8.74. The van der Waals surface area contributed by atoms with Gasteiger partial charge in [-0.1, -0.05) is 36.4 Å². The highest BCUT2D eigenvalue weighted by molar-refractivity contribution is 14.1. The summed E-state index contributed by atoms with van der Waals surface area (Å²) in [6.07, 6.45) is 1.59. The van der Waals surface area contributed by atoms with E-state index < -0.39 is 10.9 Å². The molecule has 4 rings (SSSR count). The molecule has 0 saturated heterocycles. The number of rotatable bonds is 8. The Morgan fingerprint density at radius 3 is 2.60 bits per heavy atom. The first-order chi connectivity index (χ1) is 16.9. The molecule has 0 atom stereocenters. The fraction of sp³-hybridized carbons (Fsp3) is 0.154. The highest BCUT2D eigenvalue weighted by Crippen LogP contribution is 2.36. The highest BCUT2D eigenvalue weighted by Gasteiger charge is 2.27. The molecule has 3 aromatic rings. The van der Waals surface area contributed by atoms with Gasteiger partial charge in [0.2, 0.25) is 5.90 Å². The SMILES string of the molecule is CCOc1cc(/C=C2\N=C(c3cccc([N+](=O)[O-])c3C)OC2=O)cc(I)c1OCc1ccccc1. The highest BCUT2D eigenvalue weighted by atomic mass is 127. The summed E-state index contributed by atoms with van der Waals surface area (Å²) in [5.41, 5.74) is 2.49. The quantitative estimate of drug-likeness (QED) is 0.109. The minimum Gasteiger partial charge on any atom is -0.490 e. The van der Waals surface area contributed by atoms with Crippen molar-refractivity contribution in [2.24, 2.45) is 4.99 Å². The summed E-state index contributed by atoms with van der Waals surface area (Å²) in [4.78, 5) is 27.6. The third-order valence-electron chi connectivity index (χ3n) is 5.21. The number of nitro benzene ring substituents is 1. The summed E-state index contributed by atoms with van der Waals surface area (Å²) >= 11 is 2.16. The topological polar surface area (TPSA) is 100 Å². The molecule has 0 spiro atoms. The van der Waals surface area contributed by atoms with Crippen molar-refractivity contribution in [2.45, 2.75) is 20.5 Å². The number of carbonyl (C=O) groups excluding carboxylic acids is 1. The number of nitro groups is 1. The summed E-state index contributed by atoms with van der Waals surface area (Å²) < 4.78 is 18.0. The van der Waals surface area contributed by atoms with Crippen LogP contribution in [0.15, 0.2) is 71.4 Å². The van der Waals surface area contributed by atoms with E-state index in [0.29, 0.717) is 41.4 Å². The molecule has 0 unspecified atom stereocenters. The Morgan fingerprint density at radius 1 is 1.11 bits per heavy atom. The minimum atomic E-state index is -0.636. The van der Waals surface area contributed by atoms with Gasteiger partial charge in [-0.05, 0) is 71.8 Å². The molecule has 1 aliphatic rings. The van der Waals surface area contributed by atoms with Crippen molar-refractivity contribution in [3.05, 3.63) is 102 Å². The predicted molar refractivity (Wildman–Crippen MR) is 140 cm³/mol. The van der Waals surface area contributed by atoms with Crippen molar-refractivity contribution in [1.29, 1.82) is 0 Å². The van der Waals surface area contributed by atoms with E-state index in [1.165, 1.54) is 12.1 Å². The van der Waals surface area contributed by atoms with E-state index in [0.717, 1.165) is 9.13 Å². The average Bonchev–Trinajstić information content (AvgIpc) is 3.19. The summed E-state index contributed by atoms with van der Waals surface area (Å²) in [5.74, 6) is 0.560. The van der Waals surface area contributed by atoms with Gasteiger partial charge in [0.05, 0.1) is 15.1 Å². The molecule has 1 aliphatic heterocycles. The Hall–Kier alpha value is -3.73. The zero-order valence-corrected chi connectivity index (χ0v) is 21.1. The number of halogens is 1. The van der Waals surface area contributed by atoms with Crippen LogP contribution in [0.1, 0.15) is 29.2 Å². The van der Waals surface area contributed by atoms with Crippen molar-refractivity contribution < 1.29 is 23.9 Å². The number of aliphatic imine (C=N–C) groups is 1. The van der Waals surface area contributed by atoms with Crippen molar-refractivity contribution in [2.75, 3.05) is 6.61 Å². The van der Waals surface area contributed by atoms with Crippen LogP contribution in [0, 0.1) is 20.6 Å². The van der Waals surface area contributed by atoms with Crippen molar-refractivity contribution in [3.63, 3.8) is 0 Å². The van der Waals surface area contributed by atoms with E-state index >= 15 is 0 Å². The summed E-state index contributed by atoms with van der Waals surface area (Å²) in [5, 5.41) is 11.3. The number of hydrogen-bond acceptors (Lipinski definition) is 7. The average molecular weight is 584 g/mol. The summed E-state index contributed by atoms with van der Waals surface area (Å²) in [6, 6.07) is 18.0. The Morgan fingerprint density at radius 2 is 1.89 bits per heavy atom. The van der Waals surface area contributed by atoms with E-state index in [4.69, 9.17) is 14.2 Å². The van der Waals surface area contributed by atoms with Gasteiger partial charge in [-0.15, -0.1) is 0 Å². The molecule has 0 saturated carbocycles. The first-order valence-electron chi connectivity index (χ1n) is 10.8. The van der Waals surface area contributed by atoms with Crippen LogP contribution in [-0.4, -0.2) is 23.4 Å². The van der Waals surface area contributed by atoms with Gasteiger partial charge in [-0.25, -0.2) is 9.79 Å². The molecule has 0 amide bonds. The first-order valence-corrected chi connectivity index (χ1v) is 11.8. The molecule has 3 aromatic carbocycles. The lowest BCUT2D eigenvalue weighted by molar-refractivity contribution is -0.385. The van der Waals surface area contributed by atoms with Crippen LogP contribution in [0.25, 0.3) is 6.08 Å². The summed E-state index contributed by atoms with van der Waals surface area (Å²) in [7, 11) is 0. The van der Waals surface area contributed by atoms with E-state index in [1.54, 1.807) is 25.1 Å². The predicted octanol–water partition coefficient (Wildman–Crippen LogP) is 5.83. The number of hydrogen-bond donors (Lipinski definition) is 0. The lowest BCUT2D eigenvalue weighted by atomic mass is 10.1. The first kappa shape index (κ1) is 24.4. The van der Waals surface area contributed by atoms with Gasteiger partial charge in [-0.2, -0.15) is 0 Å². The standard InChI is InChI=1S/C26H21IN2O6/c1-3-33-23-14-18(12-20(27)24(23)34-15-17-8-5-4-6-9-17)13-21-26(30)35-25(28-21)19-10-7-11-22(16(19)2)29(31)32/h4-14H,3,15H2,1-2H3/b21-13-. The van der Waals surface area contributed by atoms with E-state index in [-0.39, 0.29) is 17.3 Å². The van der Waals surface area contributed by atoms with Crippen LogP contribution in [0.3, 0.4) is 0 Å². The molecule has 35 heavy (non-hydrogen) atoms. The minimum absolute atomic E-state index is 0.0324. The Balaban J connectivity index is 1.65. The van der Waals surface area contributed by atoms with Gasteiger partial charge in [0.1, 0.15) is 6.61 Å². The smallest absolute Gasteiger partial charge is 0.363 e. The molecule has 9 heteroatoms. The Kier molecular flexibility index (Phi) is 7.45. The second kappa shape index (κ2) is 10.7.